The minimum absolute atomic E-state index is 0.125. The summed E-state index contributed by atoms with van der Waals surface area (Å²) >= 11 is 3.84. The van der Waals surface area contributed by atoms with Crippen LogP contribution in [0.2, 0.25) is 0 Å². The van der Waals surface area contributed by atoms with Gasteiger partial charge in [-0.1, -0.05) is 0 Å². The zero-order chi connectivity index (χ0) is 12.0. The highest BCUT2D eigenvalue weighted by Crippen LogP contribution is 2.10. The van der Waals surface area contributed by atoms with E-state index in [1.807, 2.05) is 0 Å². The summed E-state index contributed by atoms with van der Waals surface area (Å²) in [4.78, 5) is 22.3. The summed E-state index contributed by atoms with van der Waals surface area (Å²) in [6.07, 6.45) is 0. The molecule has 86 valence electrons. The zero-order valence-electron chi connectivity index (χ0n) is 8.90. The highest BCUT2D eigenvalue weighted by molar-refractivity contribution is 7.81. The number of carbonyl (C=O) groups is 2. The predicted octanol–water partition coefficient (Wildman–Crippen LogP) is 1.73. The van der Waals surface area contributed by atoms with Crippen molar-refractivity contribution in [1.82, 2.24) is 0 Å². The average Bonchev–Trinajstić information content (AvgIpc) is 2.30. The van der Waals surface area contributed by atoms with E-state index >= 15 is 0 Å². The Morgan fingerprint density at radius 2 is 1.94 bits per heavy atom. The van der Waals surface area contributed by atoms with E-state index in [0.29, 0.717) is 17.9 Å². The molecule has 1 N–H and O–H groups in total. The molecule has 0 atom stereocenters. The highest BCUT2D eigenvalue weighted by Gasteiger charge is 2.06. The van der Waals surface area contributed by atoms with Crippen LogP contribution in [0.15, 0.2) is 24.3 Å². The van der Waals surface area contributed by atoms with Crippen molar-refractivity contribution in [3.8, 4) is 0 Å². The Morgan fingerprint density at radius 1 is 1.31 bits per heavy atom. The number of rotatable bonds is 4. The number of hydrogen-bond donors (Lipinski definition) is 2. The molecule has 1 rings (SSSR count). The van der Waals surface area contributed by atoms with Crippen LogP contribution in [0.1, 0.15) is 17.3 Å². The summed E-state index contributed by atoms with van der Waals surface area (Å²) in [5.41, 5.74) is 1.10. The molecule has 0 saturated heterocycles. The normalized spacial score (nSPS) is 9.62. The standard InChI is InChI=1S/C11H13NO3S/c1-2-15-11(14)8-3-5-9(6-4-8)12-10(13)7-16/h3-6,16H,2,7H2,1H3,(H,12,13). The molecule has 0 aliphatic carbocycles. The average molecular weight is 239 g/mol. The maximum absolute atomic E-state index is 11.3. The van der Waals surface area contributed by atoms with Crippen LogP contribution < -0.4 is 5.32 Å². The zero-order valence-corrected chi connectivity index (χ0v) is 9.79. The van der Waals surface area contributed by atoms with E-state index in [0.717, 1.165) is 0 Å². The van der Waals surface area contributed by atoms with Crippen molar-refractivity contribution in [2.45, 2.75) is 6.92 Å². The third kappa shape index (κ3) is 3.58. The minimum Gasteiger partial charge on any atom is -0.462 e. The van der Waals surface area contributed by atoms with Crippen LogP contribution >= 0.6 is 12.6 Å². The number of esters is 1. The first-order valence-corrected chi connectivity index (χ1v) is 5.48. The van der Waals surface area contributed by atoms with Crippen LogP contribution in [0.25, 0.3) is 0 Å². The molecule has 0 saturated carbocycles. The molecule has 1 aromatic carbocycles. The fourth-order valence-corrected chi connectivity index (χ4v) is 1.18. The van der Waals surface area contributed by atoms with Crippen molar-refractivity contribution < 1.29 is 14.3 Å². The number of ether oxygens (including phenoxy) is 1. The third-order valence-electron chi connectivity index (χ3n) is 1.82. The van der Waals surface area contributed by atoms with Gasteiger partial charge in [-0.15, -0.1) is 0 Å². The summed E-state index contributed by atoms with van der Waals surface area (Å²) in [7, 11) is 0. The topological polar surface area (TPSA) is 55.4 Å². The lowest BCUT2D eigenvalue weighted by atomic mass is 10.2. The van der Waals surface area contributed by atoms with Gasteiger partial charge in [-0.05, 0) is 31.2 Å². The van der Waals surface area contributed by atoms with Crippen molar-refractivity contribution in [2.75, 3.05) is 17.7 Å². The van der Waals surface area contributed by atoms with Gasteiger partial charge in [-0.2, -0.15) is 12.6 Å². The molecule has 0 bridgehead atoms. The molecule has 0 aliphatic heterocycles. The Morgan fingerprint density at radius 3 is 2.44 bits per heavy atom. The number of nitrogens with one attached hydrogen (secondary N) is 1. The summed E-state index contributed by atoms with van der Waals surface area (Å²) < 4.78 is 4.83. The molecule has 0 aromatic heterocycles. The quantitative estimate of drug-likeness (QED) is 0.621. The van der Waals surface area contributed by atoms with Crippen LogP contribution in [0.3, 0.4) is 0 Å². The van der Waals surface area contributed by atoms with Gasteiger partial charge in [0.2, 0.25) is 5.91 Å². The second kappa shape index (κ2) is 6.17. The molecule has 0 radical (unpaired) electrons. The van der Waals surface area contributed by atoms with Gasteiger partial charge < -0.3 is 10.1 Å². The van der Waals surface area contributed by atoms with Crippen molar-refractivity contribution in [1.29, 1.82) is 0 Å². The van der Waals surface area contributed by atoms with Crippen molar-refractivity contribution in [3.63, 3.8) is 0 Å². The van der Waals surface area contributed by atoms with E-state index in [2.05, 4.69) is 17.9 Å². The van der Waals surface area contributed by atoms with E-state index in [9.17, 15) is 9.59 Å². The number of benzene rings is 1. The molecule has 1 aromatic rings. The molecular weight excluding hydrogens is 226 g/mol. The Balaban J connectivity index is 2.67. The van der Waals surface area contributed by atoms with Gasteiger partial charge in [-0.25, -0.2) is 4.79 Å². The minimum atomic E-state index is -0.366. The number of hydrogen-bond acceptors (Lipinski definition) is 4. The lowest BCUT2D eigenvalue weighted by Crippen LogP contribution is -2.12. The van der Waals surface area contributed by atoms with Crippen molar-refractivity contribution >= 4 is 30.2 Å². The van der Waals surface area contributed by atoms with E-state index in [1.54, 1.807) is 31.2 Å². The Hall–Kier alpha value is -1.49. The van der Waals surface area contributed by atoms with Crippen molar-refractivity contribution in [2.24, 2.45) is 0 Å². The summed E-state index contributed by atoms with van der Waals surface area (Å²) in [6.45, 7) is 2.09. The van der Waals surface area contributed by atoms with Gasteiger partial charge in [0.15, 0.2) is 0 Å². The van der Waals surface area contributed by atoms with Gasteiger partial charge in [0.1, 0.15) is 0 Å². The fourth-order valence-electron chi connectivity index (χ4n) is 1.10. The smallest absolute Gasteiger partial charge is 0.338 e. The van der Waals surface area contributed by atoms with E-state index in [4.69, 9.17) is 4.74 Å². The SMILES string of the molecule is CCOC(=O)c1ccc(NC(=O)CS)cc1. The fraction of sp³-hybridized carbons (Fsp3) is 0.273. The van der Waals surface area contributed by atoms with Gasteiger partial charge in [0.05, 0.1) is 17.9 Å². The molecule has 0 unspecified atom stereocenters. The third-order valence-corrected chi connectivity index (χ3v) is 2.11. The molecular formula is C11H13NO3S. The number of thiol groups is 1. The van der Waals surface area contributed by atoms with E-state index in [-0.39, 0.29) is 17.6 Å². The van der Waals surface area contributed by atoms with Gasteiger partial charge in [-0.3, -0.25) is 4.79 Å². The van der Waals surface area contributed by atoms with Gasteiger partial charge >= 0.3 is 5.97 Å². The lowest BCUT2D eigenvalue weighted by Gasteiger charge is -2.04. The van der Waals surface area contributed by atoms with Crippen LogP contribution in [-0.2, 0) is 9.53 Å². The van der Waals surface area contributed by atoms with Crippen LogP contribution in [0.5, 0.6) is 0 Å². The van der Waals surface area contributed by atoms with Crippen LogP contribution in [-0.4, -0.2) is 24.2 Å². The maximum atomic E-state index is 11.3. The van der Waals surface area contributed by atoms with E-state index < -0.39 is 0 Å². The highest BCUT2D eigenvalue weighted by atomic mass is 32.1. The first-order valence-electron chi connectivity index (χ1n) is 4.85. The number of amides is 1. The summed E-state index contributed by atoms with van der Waals surface area (Å²) in [5.74, 6) is -0.429. The Kier molecular flexibility index (Phi) is 4.85. The largest absolute Gasteiger partial charge is 0.462 e. The van der Waals surface area contributed by atoms with E-state index in [1.165, 1.54) is 0 Å². The Bertz CT molecular complexity index is 375. The molecule has 0 spiro atoms. The molecule has 1 amide bonds. The number of anilines is 1. The molecule has 0 heterocycles. The van der Waals surface area contributed by atoms with Gasteiger partial charge in [0.25, 0.3) is 0 Å². The maximum Gasteiger partial charge on any atom is 0.338 e. The van der Waals surface area contributed by atoms with Crippen molar-refractivity contribution in [3.05, 3.63) is 29.8 Å². The molecule has 4 nitrogen and oxygen atoms in total. The van der Waals surface area contributed by atoms with Gasteiger partial charge in [0, 0.05) is 5.69 Å². The predicted molar refractivity (Wildman–Crippen MR) is 64.9 cm³/mol. The molecule has 0 aliphatic rings. The molecule has 0 fully saturated rings. The second-order valence-electron chi connectivity index (χ2n) is 3.00. The monoisotopic (exact) mass is 239 g/mol. The molecule has 16 heavy (non-hydrogen) atoms. The molecule has 5 heteroatoms. The second-order valence-corrected chi connectivity index (χ2v) is 3.32. The Labute approximate surface area is 99.4 Å². The summed E-state index contributed by atoms with van der Waals surface area (Å²) in [6, 6.07) is 6.50. The number of carbonyl (C=O) groups excluding carboxylic acids is 2. The van der Waals surface area contributed by atoms with Crippen LogP contribution in [0, 0.1) is 0 Å². The first kappa shape index (κ1) is 12.6. The first-order chi connectivity index (χ1) is 7.67. The lowest BCUT2D eigenvalue weighted by molar-refractivity contribution is -0.113. The van der Waals surface area contributed by atoms with Crippen LogP contribution in [0.4, 0.5) is 5.69 Å². The summed E-state index contributed by atoms with van der Waals surface area (Å²) in [5, 5.41) is 2.62.